The van der Waals surface area contributed by atoms with Crippen LogP contribution < -0.4 is 4.90 Å². The van der Waals surface area contributed by atoms with Gasteiger partial charge in [0, 0.05) is 25.1 Å². The van der Waals surface area contributed by atoms with Crippen LogP contribution >= 0.6 is 11.6 Å². The summed E-state index contributed by atoms with van der Waals surface area (Å²) >= 11 is 6.04. The molecule has 1 aromatic heterocycles. The summed E-state index contributed by atoms with van der Waals surface area (Å²) in [7, 11) is 0. The summed E-state index contributed by atoms with van der Waals surface area (Å²) in [5, 5.41) is 10.4. The Kier molecular flexibility index (Phi) is 4.07. The third-order valence-corrected chi connectivity index (χ3v) is 3.65. The molecule has 100 valence electrons. The molecule has 0 spiro atoms. The summed E-state index contributed by atoms with van der Waals surface area (Å²) < 4.78 is 0. The van der Waals surface area contributed by atoms with Crippen molar-refractivity contribution in [3.8, 4) is 0 Å². The maximum atomic E-state index is 9.94. The SMILES string of the molecule is CC(C)c1nc(Cl)cc(N2CCC(C)C(O)C2)n1. The van der Waals surface area contributed by atoms with Crippen LogP contribution in [0.1, 0.15) is 38.9 Å². The van der Waals surface area contributed by atoms with Gasteiger partial charge in [0.25, 0.3) is 0 Å². The highest BCUT2D eigenvalue weighted by atomic mass is 35.5. The van der Waals surface area contributed by atoms with Crippen LogP contribution in [0.3, 0.4) is 0 Å². The van der Waals surface area contributed by atoms with E-state index >= 15 is 0 Å². The molecule has 1 saturated heterocycles. The third kappa shape index (κ3) is 2.93. The second kappa shape index (κ2) is 5.41. The van der Waals surface area contributed by atoms with E-state index in [1.165, 1.54) is 0 Å². The number of nitrogens with zero attached hydrogens (tertiary/aromatic N) is 3. The van der Waals surface area contributed by atoms with E-state index in [0.29, 0.717) is 17.6 Å². The van der Waals surface area contributed by atoms with Crippen LogP contribution in [0.25, 0.3) is 0 Å². The number of rotatable bonds is 2. The van der Waals surface area contributed by atoms with Gasteiger partial charge in [-0.2, -0.15) is 0 Å². The number of aromatic nitrogens is 2. The van der Waals surface area contributed by atoms with Crippen molar-refractivity contribution in [1.29, 1.82) is 0 Å². The zero-order valence-electron chi connectivity index (χ0n) is 11.1. The lowest BCUT2D eigenvalue weighted by atomic mass is 9.96. The Balaban J connectivity index is 2.23. The van der Waals surface area contributed by atoms with Crippen LogP contribution in [0.15, 0.2) is 6.07 Å². The first kappa shape index (κ1) is 13.6. The second-order valence-electron chi connectivity index (χ2n) is 5.34. The lowest BCUT2D eigenvalue weighted by Gasteiger charge is -2.35. The highest BCUT2D eigenvalue weighted by Crippen LogP contribution is 2.25. The number of halogens is 1. The topological polar surface area (TPSA) is 49.2 Å². The number of hydrogen-bond acceptors (Lipinski definition) is 4. The fraction of sp³-hybridized carbons (Fsp3) is 0.692. The van der Waals surface area contributed by atoms with Gasteiger partial charge in [0.15, 0.2) is 0 Å². The molecule has 0 aromatic carbocycles. The molecule has 18 heavy (non-hydrogen) atoms. The van der Waals surface area contributed by atoms with E-state index in [1.807, 2.05) is 13.8 Å². The Labute approximate surface area is 113 Å². The van der Waals surface area contributed by atoms with Crippen molar-refractivity contribution in [2.24, 2.45) is 5.92 Å². The molecule has 1 aromatic rings. The summed E-state index contributed by atoms with van der Waals surface area (Å²) in [4.78, 5) is 10.9. The van der Waals surface area contributed by atoms with Crippen molar-refractivity contribution >= 4 is 17.4 Å². The number of β-amino-alcohol motifs (C(OH)–C–C–N with tert-alkyl or cyclic N) is 1. The molecule has 1 N–H and O–H groups in total. The minimum Gasteiger partial charge on any atom is -0.391 e. The monoisotopic (exact) mass is 269 g/mol. The van der Waals surface area contributed by atoms with Gasteiger partial charge in [0.2, 0.25) is 0 Å². The molecule has 0 bridgehead atoms. The molecule has 2 unspecified atom stereocenters. The highest BCUT2D eigenvalue weighted by Gasteiger charge is 2.25. The van der Waals surface area contributed by atoms with Crippen LogP contribution in [0.5, 0.6) is 0 Å². The third-order valence-electron chi connectivity index (χ3n) is 3.46. The molecule has 1 fully saturated rings. The highest BCUT2D eigenvalue weighted by molar-refractivity contribution is 6.29. The zero-order chi connectivity index (χ0) is 13.3. The first-order valence-electron chi connectivity index (χ1n) is 6.45. The van der Waals surface area contributed by atoms with Crippen molar-refractivity contribution < 1.29 is 5.11 Å². The minimum absolute atomic E-state index is 0.246. The quantitative estimate of drug-likeness (QED) is 0.838. The molecule has 0 amide bonds. The van der Waals surface area contributed by atoms with Crippen molar-refractivity contribution in [3.63, 3.8) is 0 Å². The maximum Gasteiger partial charge on any atom is 0.135 e. The lowest BCUT2D eigenvalue weighted by Crippen LogP contribution is -2.43. The van der Waals surface area contributed by atoms with E-state index in [9.17, 15) is 5.11 Å². The molecule has 2 rings (SSSR count). The Hall–Kier alpha value is -0.870. The van der Waals surface area contributed by atoms with Gasteiger partial charge in [-0.1, -0.05) is 32.4 Å². The average Bonchev–Trinajstić information content (AvgIpc) is 2.31. The molecule has 2 atom stereocenters. The number of aliphatic hydroxyl groups excluding tert-OH is 1. The van der Waals surface area contributed by atoms with Crippen LogP contribution in [0.4, 0.5) is 5.82 Å². The first-order valence-corrected chi connectivity index (χ1v) is 6.82. The Morgan fingerprint density at radius 1 is 1.44 bits per heavy atom. The molecule has 0 radical (unpaired) electrons. The molecule has 1 aliphatic heterocycles. The number of piperidine rings is 1. The molecule has 4 nitrogen and oxygen atoms in total. The largest absolute Gasteiger partial charge is 0.391 e. The zero-order valence-corrected chi connectivity index (χ0v) is 11.9. The van der Waals surface area contributed by atoms with Gasteiger partial charge in [0.1, 0.15) is 16.8 Å². The summed E-state index contributed by atoms with van der Waals surface area (Å²) in [6.45, 7) is 7.69. The van der Waals surface area contributed by atoms with E-state index in [0.717, 1.165) is 24.6 Å². The smallest absolute Gasteiger partial charge is 0.135 e. The Morgan fingerprint density at radius 2 is 2.17 bits per heavy atom. The average molecular weight is 270 g/mol. The van der Waals surface area contributed by atoms with Gasteiger partial charge >= 0.3 is 0 Å². The van der Waals surface area contributed by atoms with Gasteiger partial charge in [-0.15, -0.1) is 0 Å². The van der Waals surface area contributed by atoms with Gasteiger partial charge < -0.3 is 10.0 Å². The summed E-state index contributed by atoms with van der Waals surface area (Å²) in [5.41, 5.74) is 0. The van der Waals surface area contributed by atoms with Crippen molar-refractivity contribution in [2.45, 2.75) is 39.2 Å². The van der Waals surface area contributed by atoms with E-state index < -0.39 is 0 Å². The number of aliphatic hydroxyl groups is 1. The van der Waals surface area contributed by atoms with E-state index in [-0.39, 0.29) is 12.0 Å². The van der Waals surface area contributed by atoms with Gasteiger partial charge in [-0.3, -0.25) is 0 Å². The van der Waals surface area contributed by atoms with E-state index in [4.69, 9.17) is 11.6 Å². The maximum absolute atomic E-state index is 9.94. The fourth-order valence-electron chi connectivity index (χ4n) is 2.10. The number of hydrogen-bond donors (Lipinski definition) is 1. The summed E-state index contributed by atoms with van der Waals surface area (Å²) in [6.07, 6.45) is 0.676. The second-order valence-corrected chi connectivity index (χ2v) is 5.73. The minimum atomic E-state index is -0.296. The van der Waals surface area contributed by atoms with Crippen LogP contribution in [0, 0.1) is 5.92 Å². The van der Waals surface area contributed by atoms with E-state index in [1.54, 1.807) is 6.07 Å². The molecule has 5 heteroatoms. The first-order chi connectivity index (χ1) is 8.47. The fourth-order valence-corrected chi connectivity index (χ4v) is 2.28. The summed E-state index contributed by atoms with van der Waals surface area (Å²) in [6, 6.07) is 1.77. The van der Waals surface area contributed by atoms with Crippen molar-refractivity contribution in [1.82, 2.24) is 9.97 Å². The predicted molar refractivity (Wildman–Crippen MR) is 73.1 cm³/mol. The van der Waals surface area contributed by atoms with Gasteiger partial charge in [-0.25, -0.2) is 9.97 Å². The number of anilines is 1. The van der Waals surface area contributed by atoms with E-state index in [2.05, 4.69) is 21.8 Å². The normalized spacial score (nSPS) is 24.7. The molecule has 0 saturated carbocycles. The van der Waals surface area contributed by atoms with Crippen molar-refractivity contribution in [2.75, 3.05) is 18.0 Å². The predicted octanol–water partition coefficient (Wildman–Crippen LogP) is 2.46. The van der Waals surface area contributed by atoms with Crippen LogP contribution in [-0.4, -0.2) is 34.3 Å². The van der Waals surface area contributed by atoms with Crippen LogP contribution in [-0.2, 0) is 0 Å². The van der Waals surface area contributed by atoms with Gasteiger partial charge in [-0.05, 0) is 12.3 Å². The lowest BCUT2D eigenvalue weighted by molar-refractivity contribution is 0.102. The van der Waals surface area contributed by atoms with Gasteiger partial charge in [0.05, 0.1) is 6.10 Å². The molecule has 2 heterocycles. The molecule has 1 aliphatic rings. The Morgan fingerprint density at radius 3 is 2.78 bits per heavy atom. The van der Waals surface area contributed by atoms with Crippen molar-refractivity contribution in [3.05, 3.63) is 17.0 Å². The molecular weight excluding hydrogens is 250 g/mol. The molecular formula is C13H20ClN3O. The Bertz CT molecular complexity index is 425. The standard InChI is InChI=1S/C13H20ClN3O/c1-8(2)13-15-11(14)6-12(16-13)17-5-4-9(3)10(18)7-17/h6,8-10,18H,4-5,7H2,1-3H3. The summed E-state index contributed by atoms with van der Waals surface area (Å²) in [5.74, 6) is 2.18. The molecule has 0 aliphatic carbocycles. The van der Waals surface area contributed by atoms with Crippen LogP contribution in [0.2, 0.25) is 5.15 Å².